The van der Waals surface area contributed by atoms with Gasteiger partial charge in [-0.15, -0.1) is 0 Å². The molecule has 1 fully saturated rings. The van der Waals surface area contributed by atoms with Gasteiger partial charge in [0.15, 0.2) is 0 Å². The lowest BCUT2D eigenvalue weighted by Gasteiger charge is -2.11. The first-order chi connectivity index (χ1) is 7.74. The van der Waals surface area contributed by atoms with E-state index >= 15 is 0 Å². The zero-order valence-electron chi connectivity index (χ0n) is 9.98. The van der Waals surface area contributed by atoms with Gasteiger partial charge in [-0.05, 0) is 17.9 Å². The SMILES string of the molecule is CC(C)Cc1ccc(OC2CCOC2)nc1. The van der Waals surface area contributed by atoms with Gasteiger partial charge in [0, 0.05) is 18.7 Å². The molecule has 3 nitrogen and oxygen atoms in total. The summed E-state index contributed by atoms with van der Waals surface area (Å²) < 4.78 is 11.0. The van der Waals surface area contributed by atoms with Crippen LogP contribution in [0.4, 0.5) is 0 Å². The highest BCUT2D eigenvalue weighted by Gasteiger charge is 2.17. The Kier molecular flexibility index (Phi) is 3.78. The molecule has 1 aliphatic rings. The molecule has 0 aromatic carbocycles. The molecule has 1 aliphatic heterocycles. The topological polar surface area (TPSA) is 31.4 Å². The summed E-state index contributed by atoms with van der Waals surface area (Å²) in [7, 11) is 0. The summed E-state index contributed by atoms with van der Waals surface area (Å²) >= 11 is 0. The van der Waals surface area contributed by atoms with Crippen LogP contribution in [0.1, 0.15) is 25.8 Å². The van der Waals surface area contributed by atoms with Gasteiger partial charge >= 0.3 is 0 Å². The minimum absolute atomic E-state index is 0.184. The maximum Gasteiger partial charge on any atom is 0.213 e. The van der Waals surface area contributed by atoms with Gasteiger partial charge in [-0.3, -0.25) is 0 Å². The monoisotopic (exact) mass is 221 g/mol. The van der Waals surface area contributed by atoms with Crippen molar-refractivity contribution in [2.45, 2.75) is 32.8 Å². The van der Waals surface area contributed by atoms with Gasteiger partial charge in [-0.1, -0.05) is 19.9 Å². The van der Waals surface area contributed by atoms with Crippen LogP contribution in [0.2, 0.25) is 0 Å². The number of hydrogen-bond donors (Lipinski definition) is 0. The number of nitrogens with zero attached hydrogens (tertiary/aromatic N) is 1. The summed E-state index contributed by atoms with van der Waals surface area (Å²) in [6.07, 6.45) is 4.13. The van der Waals surface area contributed by atoms with Crippen molar-refractivity contribution in [3.63, 3.8) is 0 Å². The average Bonchev–Trinajstić information content (AvgIpc) is 2.73. The predicted octanol–water partition coefficient (Wildman–Crippen LogP) is 2.45. The highest BCUT2D eigenvalue weighted by Crippen LogP contribution is 2.15. The van der Waals surface area contributed by atoms with Crippen molar-refractivity contribution in [2.75, 3.05) is 13.2 Å². The van der Waals surface area contributed by atoms with E-state index in [1.807, 2.05) is 12.3 Å². The standard InChI is InChI=1S/C13H19NO2/c1-10(2)7-11-3-4-13(14-8-11)16-12-5-6-15-9-12/h3-4,8,10,12H,5-7,9H2,1-2H3. The quantitative estimate of drug-likeness (QED) is 0.782. The van der Waals surface area contributed by atoms with Crippen LogP contribution in [-0.4, -0.2) is 24.3 Å². The Balaban J connectivity index is 1.90. The average molecular weight is 221 g/mol. The van der Waals surface area contributed by atoms with Crippen molar-refractivity contribution >= 4 is 0 Å². The zero-order chi connectivity index (χ0) is 11.4. The molecule has 1 aromatic heterocycles. The fourth-order valence-electron chi connectivity index (χ4n) is 1.85. The molecule has 1 atom stereocenters. The van der Waals surface area contributed by atoms with Crippen molar-refractivity contribution in [3.8, 4) is 5.88 Å². The predicted molar refractivity (Wildman–Crippen MR) is 62.6 cm³/mol. The first-order valence-corrected chi connectivity index (χ1v) is 5.93. The molecule has 2 heterocycles. The molecular weight excluding hydrogens is 202 g/mol. The number of ether oxygens (including phenoxy) is 2. The molecule has 0 amide bonds. The van der Waals surface area contributed by atoms with Gasteiger partial charge in [0.25, 0.3) is 0 Å². The normalized spacial score (nSPS) is 20.3. The van der Waals surface area contributed by atoms with Crippen LogP contribution in [0.5, 0.6) is 5.88 Å². The largest absolute Gasteiger partial charge is 0.472 e. The summed E-state index contributed by atoms with van der Waals surface area (Å²) in [5.74, 6) is 1.37. The molecule has 16 heavy (non-hydrogen) atoms. The Labute approximate surface area is 96.8 Å². The van der Waals surface area contributed by atoms with Gasteiger partial charge in [0.05, 0.1) is 13.2 Å². The third kappa shape index (κ3) is 3.20. The number of hydrogen-bond acceptors (Lipinski definition) is 3. The van der Waals surface area contributed by atoms with Crippen LogP contribution >= 0.6 is 0 Å². The molecule has 1 unspecified atom stereocenters. The van der Waals surface area contributed by atoms with E-state index in [1.54, 1.807) is 0 Å². The van der Waals surface area contributed by atoms with E-state index < -0.39 is 0 Å². The third-order valence-corrected chi connectivity index (χ3v) is 2.62. The van der Waals surface area contributed by atoms with Crippen molar-refractivity contribution in [2.24, 2.45) is 5.92 Å². The summed E-state index contributed by atoms with van der Waals surface area (Å²) in [5, 5.41) is 0. The molecule has 2 rings (SSSR count). The molecular formula is C13H19NO2. The molecule has 0 spiro atoms. The van der Waals surface area contributed by atoms with Gasteiger partial charge < -0.3 is 9.47 Å². The molecule has 3 heteroatoms. The summed E-state index contributed by atoms with van der Waals surface area (Å²) in [4.78, 5) is 4.32. The fourth-order valence-corrected chi connectivity index (χ4v) is 1.85. The second kappa shape index (κ2) is 5.30. The Morgan fingerprint density at radius 1 is 1.50 bits per heavy atom. The molecule has 0 saturated carbocycles. The maximum atomic E-state index is 5.70. The first kappa shape index (κ1) is 11.4. The molecule has 1 aromatic rings. The molecule has 0 N–H and O–H groups in total. The van der Waals surface area contributed by atoms with E-state index in [0.29, 0.717) is 18.4 Å². The lowest BCUT2D eigenvalue weighted by molar-refractivity contribution is 0.138. The van der Waals surface area contributed by atoms with Gasteiger partial charge in [0.1, 0.15) is 6.10 Å². The second-order valence-electron chi connectivity index (χ2n) is 4.71. The number of pyridine rings is 1. The van der Waals surface area contributed by atoms with E-state index in [0.717, 1.165) is 19.4 Å². The van der Waals surface area contributed by atoms with Crippen LogP contribution in [0.15, 0.2) is 18.3 Å². The second-order valence-corrected chi connectivity index (χ2v) is 4.71. The van der Waals surface area contributed by atoms with E-state index in [2.05, 4.69) is 24.9 Å². The lowest BCUT2D eigenvalue weighted by atomic mass is 10.1. The zero-order valence-corrected chi connectivity index (χ0v) is 9.98. The Morgan fingerprint density at radius 2 is 2.38 bits per heavy atom. The highest BCUT2D eigenvalue weighted by atomic mass is 16.5. The van der Waals surface area contributed by atoms with Crippen LogP contribution in [-0.2, 0) is 11.2 Å². The van der Waals surface area contributed by atoms with Crippen molar-refractivity contribution in [3.05, 3.63) is 23.9 Å². The van der Waals surface area contributed by atoms with Crippen molar-refractivity contribution in [1.82, 2.24) is 4.98 Å². The van der Waals surface area contributed by atoms with E-state index in [1.165, 1.54) is 5.56 Å². The van der Waals surface area contributed by atoms with Crippen LogP contribution < -0.4 is 4.74 Å². The van der Waals surface area contributed by atoms with Crippen LogP contribution in [0, 0.1) is 5.92 Å². The van der Waals surface area contributed by atoms with Crippen molar-refractivity contribution in [1.29, 1.82) is 0 Å². The summed E-state index contributed by atoms with van der Waals surface area (Å²) in [5.41, 5.74) is 1.27. The Morgan fingerprint density at radius 3 is 2.94 bits per heavy atom. The summed E-state index contributed by atoms with van der Waals surface area (Å²) in [6.45, 7) is 5.91. The molecule has 0 bridgehead atoms. The van der Waals surface area contributed by atoms with Crippen LogP contribution in [0.3, 0.4) is 0 Å². The van der Waals surface area contributed by atoms with E-state index in [9.17, 15) is 0 Å². The summed E-state index contributed by atoms with van der Waals surface area (Å²) in [6, 6.07) is 4.05. The van der Waals surface area contributed by atoms with Crippen molar-refractivity contribution < 1.29 is 9.47 Å². The number of rotatable bonds is 4. The smallest absolute Gasteiger partial charge is 0.213 e. The minimum Gasteiger partial charge on any atom is -0.472 e. The molecule has 0 aliphatic carbocycles. The molecule has 1 saturated heterocycles. The van der Waals surface area contributed by atoms with Gasteiger partial charge in [-0.2, -0.15) is 0 Å². The Bertz CT molecular complexity index is 315. The minimum atomic E-state index is 0.184. The third-order valence-electron chi connectivity index (χ3n) is 2.62. The van der Waals surface area contributed by atoms with E-state index in [-0.39, 0.29) is 6.10 Å². The van der Waals surface area contributed by atoms with Crippen LogP contribution in [0.25, 0.3) is 0 Å². The van der Waals surface area contributed by atoms with Gasteiger partial charge in [-0.25, -0.2) is 4.98 Å². The van der Waals surface area contributed by atoms with E-state index in [4.69, 9.17) is 9.47 Å². The number of aromatic nitrogens is 1. The molecule has 0 radical (unpaired) electrons. The first-order valence-electron chi connectivity index (χ1n) is 5.93. The maximum absolute atomic E-state index is 5.70. The molecule has 88 valence electrons. The highest BCUT2D eigenvalue weighted by molar-refractivity contribution is 5.18. The Hall–Kier alpha value is -1.09. The fraction of sp³-hybridized carbons (Fsp3) is 0.615. The lowest BCUT2D eigenvalue weighted by Crippen LogP contribution is -2.16. The van der Waals surface area contributed by atoms with Gasteiger partial charge in [0.2, 0.25) is 5.88 Å².